The Labute approximate surface area is 112 Å². The number of alkyl halides is 3. The van der Waals surface area contributed by atoms with Gasteiger partial charge in [-0.15, -0.1) is 0 Å². The smallest absolute Gasteiger partial charge is 0.419 e. The zero-order chi connectivity index (χ0) is 14.5. The molecule has 0 aliphatic heterocycles. The Morgan fingerprint density at radius 2 is 2.16 bits per heavy atom. The van der Waals surface area contributed by atoms with Gasteiger partial charge >= 0.3 is 6.18 Å². The summed E-state index contributed by atoms with van der Waals surface area (Å²) in [6.45, 7) is 0.174. The van der Waals surface area contributed by atoms with Crippen molar-refractivity contribution in [3.8, 4) is 5.75 Å². The number of thioether (sulfide) groups is 1. The van der Waals surface area contributed by atoms with Crippen LogP contribution in [0.4, 0.5) is 13.2 Å². The Bertz CT molecular complexity index is 464. The van der Waals surface area contributed by atoms with Crippen molar-refractivity contribution in [2.45, 2.75) is 6.18 Å². The van der Waals surface area contributed by atoms with Crippen molar-refractivity contribution in [1.82, 2.24) is 0 Å². The molecule has 19 heavy (non-hydrogen) atoms. The van der Waals surface area contributed by atoms with Gasteiger partial charge in [0.1, 0.15) is 5.75 Å². The van der Waals surface area contributed by atoms with E-state index in [2.05, 4.69) is 5.16 Å². The Balaban J connectivity index is 3.10. The molecule has 0 atom stereocenters. The number of oxime groups is 1. The second kappa shape index (κ2) is 6.55. The van der Waals surface area contributed by atoms with Gasteiger partial charge in [-0.2, -0.15) is 24.9 Å². The zero-order valence-electron chi connectivity index (χ0n) is 10.1. The molecule has 0 heterocycles. The van der Waals surface area contributed by atoms with Crippen molar-refractivity contribution in [2.24, 2.45) is 10.9 Å². The number of nitrogens with two attached hydrogens (primary N) is 1. The van der Waals surface area contributed by atoms with Crippen LogP contribution in [0.3, 0.4) is 0 Å². The molecule has 106 valence electrons. The molecule has 0 amide bonds. The first kappa shape index (κ1) is 15.5. The number of ether oxygens (including phenoxy) is 1. The fourth-order valence-electron chi connectivity index (χ4n) is 1.33. The van der Waals surface area contributed by atoms with E-state index in [9.17, 15) is 13.2 Å². The maximum atomic E-state index is 12.9. The van der Waals surface area contributed by atoms with Crippen LogP contribution in [0.5, 0.6) is 5.75 Å². The van der Waals surface area contributed by atoms with E-state index in [1.807, 2.05) is 6.26 Å². The van der Waals surface area contributed by atoms with Gasteiger partial charge in [-0.1, -0.05) is 5.16 Å². The van der Waals surface area contributed by atoms with Crippen LogP contribution < -0.4 is 10.5 Å². The summed E-state index contributed by atoms with van der Waals surface area (Å²) in [5.41, 5.74) is 4.30. The number of amidine groups is 1. The molecule has 1 rings (SSSR count). The molecule has 4 nitrogen and oxygen atoms in total. The van der Waals surface area contributed by atoms with Crippen LogP contribution in [0.25, 0.3) is 0 Å². The molecule has 0 fully saturated rings. The summed E-state index contributed by atoms with van der Waals surface area (Å²) in [4.78, 5) is 0. The first-order valence-corrected chi connectivity index (χ1v) is 6.60. The third kappa shape index (κ3) is 4.23. The van der Waals surface area contributed by atoms with Gasteiger partial charge < -0.3 is 15.7 Å². The highest BCUT2D eigenvalue weighted by atomic mass is 32.2. The second-order valence-corrected chi connectivity index (χ2v) is 4.52. The lowest BCUT2D eigenvalue weighted by Gasteiger charge is -2.14. The highest BCUT2D eigenvalue weighted by molar-refractivity contribution is 7.98. The summed E-state index contributed by atoms with van der Waals surface area (Å²) in [6, 6.07) is 3.26. The Kier molecular flexibility index (Phi) is 5.34. The molecule has 1 aromatic carbocycles. The van der Waals surface area contributed by atoms with E-state index in [1.54, 1.807) is 0 Å². The molecule has 0 aliphatic rings. The Morgan fingerprint density at radius 1 is 1.47 bits per heavy atom. The third-order valence-corrected chi connectivity index (χ3v) is 2.81. The topological polar surface area (TPSA) is 67.8 Å². The molecule has 0 aliphatic carbocycles. The lowest BCUT2D eigenvalue weighted by molar-refractivity contribution is -0.138. The fourth-order valence-corrected chi connectivity index (χ4v) is 1.58. The molecule has 8 heteroatoms. The fraction of sp³-hybridized carbons (Fsp3) is 0.364. The van der Waals surface area contributed by atoms with Crippen LogP contribution in [-0.2, 0) is 6.18 Å². The molecule has 1 aromatic rings. The molecular weight excluding hydrogens is 281 g/mol. The molecule has 0 unspecified atom stereocenters. The summed E-state index contributed by atoms with van der Waals surface area (Å²) < 4.78 is 43.7. The number of hydrogen-bond donors (Lipinski definition) is 2. The lowest BCUT2D eigenvalue weighted by Crippen LogP contribution is -2.16. The monoisotopic (exact) mass is 294 g/mol. The van der Waals surface area contributed by atoms with Gasteiger partial charge in [0.05, 0.1) is 12.2 Å². The van der Waals surface area contributed by atoms with E-state index in [0.717, 1.165) is 12.1 Å². The van der Waals surface area contributed by atoms with Crippen LogP contribution >= 0.6 is 11.8 Å². The van der Waals surface area contributed by atoms with Crippen LogP contribution in [0.15, 0.2) is 23.4 Å². The summed E-state index contributed by atoms with van der Waals surface area (Å²) in [5.74, 6) is -0.0727. The normalized spacial score (nSPS) is 12.5. The number of halogens is 3. The third-order valence-electron chi connectivity index (χ3n) is 2.23. The van der Waals surface area contributed by atoms with E-state index in [4.69, 9.17) is 15.7 Å². The molecule has 0 saturated carbocycles. The van der Waals surface area contributed by atoms with Crippen molar-refractivity contribution >= 4 is 17.6 Å². The van der Waals surface area contributed by atoms with Gasteiger partial charge in [0.2, 0.25) is 0 Å². The summed E-state index contributed by atoms with van der Waals surface area (Å²) in [6.07, 6.45) is -2.74. The Hall–Kier alpha value is -1.57. The van der Waals surface area contributed by atoms with E-state index >= 15 is 0 Å². The van der Waals surface area contributed by atoms with Gasteiger partial charge in [0.15, 0.2) is 5.84 Å². The average molecular weight is 294 g/mol. The first-order valence-electron chi connectivity index (χ1n) is 5.21. The number of benzene rings is 1. The largest absolute Gasteiger partial charge is 0.492 e. The van der Waals surface area contributed by atoms with Crippen LogP contribution in [0.1, 0.15) is 11.1 Å². The number of rotatable bonds is 5. The molecule has 0 radical (unpaired) electrons. The minimum Gasteiger partial charge on any atom is -0.492 e. The predicted molar refractivity (Wildman–Crippen MR) is 67.8 cm³/mol. The van der Waals surface area contributed by atoms with E-state index in [1.165, 1.54) is 17.8 Å². The van der Waals surface area contributed by atoms with Crippen molar-refractivity contribution in [3.05, 3.63) is 29.3 Å². The van der Waals surface area contributed by atoms with Crippen LogP contribution in [0, 0.1) is 0 Å². The van der Waals surface area contributed by atoms with Crippen LogP contribution in [0.2, 0.25) is 0 Å². The van der Waals surface area contributed by atoms with Gasteiger partial charge in [-0.05, 0) is 24.5 Å². The van der Waals surface area contributed by atoms with Gasteiger partial charge in [0.25, 0.3) is 0 Å². The standard InChI is InChI=1S/C11H13F3N2O2S/c1-19-5-4-18-9-3-2-7(10(15)16-17)6-8(9)11(12,13)14/h2-3,6,17H,4-5H2,1H3,(H2,15,16). The average Bonchev–Trinajstić information content (AvgIpc) is 2.37. The summed E-state index contributed by atoms with van der Waals surface area (Å²) in [5, 5.41) is 11.1. The van der Waals surface area contributed by atoms with E-state index in [-0.39, 0.29) is 23.8 Å². The first-order chi connectivity index (χ1) is 8.90. The lowest BCUT2D eigenvalue weighted by atomic mass is 10.1. The zero-order valence-corrected chi connectivity index (χ0v) is 10.9. The minimum absolute atomic E-state index is 0.0213. The van der Waals surface area contributed by atoms with Crippen molar-refractivity contribution < 1.29 is 23.1 Å². The van der Waals surface area contributed by atoms with Crippen molar-refractivity contribution in [1.29, 1.82) is 0 Å². The predicted octanol–water partition coefficient (Wildman–Crippen LogP) is 2.54. The number of hydrogen-bond acceptors (Lipinski definition) is 4. The molecule has 0 saturated heterocycles. The van der Waals surface area contributed by atoms with E-state index in [0.29, 0.717) is 5.75 Å². The maximum absolute atomic E-state index is 12.9. The van der Waals surface area contributed by atoms with Crippen molar-refractivity contribution in [3.63, 3.8) is 0 Å². The quantitative estimate of drug-likeness (QED) is 0.288. The molecular formula is C11H13F3N2O2S. The molecule has 0 spiro atoms. The molecule has 0 aromatic heterocycles. The Morgan fingerprint density at radius 3 is 2.68 bits per heavy atom. The molecule has 3 N–H and O–H groups in total. The molecule has 0 bridgehead atoms. The van der Waals surface area contributed by atoms with Gasteiger partial charge in [-0.25, -0.2) is 0 Å². The highest BCUT2D eigenvalue weighted by Crippen LogP contribution is 2.36. The minimum atomic E-state index is -4.57. The SMILES string of the molecule is CSCCOc1ccc(/C(N)=N/O)cc1C(F)(F)F. The number of nitrogens with zero attached hydrogens (tertiary/aromatic N) is 1. The van der Waals surface area contributed by atoms with Gasteiger partial charge in [0, 0.05) is 11.3 Å². The van der Waals surface area contributed by atoms with Crippen LogP contribution in [-0.4, -0.2) is 29.7 Å². The maximum Gasteiger partial charge on any atom is 0.419 e. The summed E-state index contributed by atoms with van der Waals surface area (Å²) in [7, 11) is 0. The highest BCUT2D eigenvalue weighted by Gasteiger charge is 2.35. The van der Waals surface area contributed by atoms with E-state index < -0.39 is 11.7 Å². The van der Waals surface area contributed by atoms with Crippen molar-refractivity contribution in [2.75, 3.05) is 18.6 Å². The second-order valence-electron chi connectivity index (χ2n) is 3.54. The van der Waals surface area contributed by atoms with Gasteiger partial charge in [-0.3, -0.25) is 0 Å². The summed E-state index contributed by atoms with van der Waals surface area (Å²) >= 11 is 1.47.